The topological polar surface area (TPSA) is 29.1 Å². The zero-order chi connectivity index (χ0) is 8.89. The molecule has 1 saturated heterocycles. The second-order valence-corrected chi connectivity index (χ2v) is 5.07. The molecular formula is C11H17NO. The first-order valence-electron chi connectivity index (χ1n) is 5.62. The molecular weight excluding hydrogens is 162 g/mol. The van der Waals surface area contributed by atoms with Gasteiger partial charge in [0.2, 0.25) is 5.91 Å². The number of amides is 1. The Morgan fingerprint density at radius 3 is 2.54 bits per heavy atom. The van der Waals surface area contributed by atoms with Crippen LogP contribution < -0.4 is 5.32 Å². The third-order valence-corrected chi connectivity index (χ3v) is 4.43. The molecule has 0 spiro atoms. The maximum atomic E-state index is 11.5. The van der Waals surface area contributed by atoms with E-state index in [0.717, 1.165) is 18.8 Å². The van der Waals surface area contributed by atoms with E-state index in [4.69, 9.17) is 0 Å². The lowest BCUT2D eigenvalue weighted by Crippen LogP contribution is -2.48. The van der Waals surface area contributed by atoms with Crippen molar-refractivity contribution in [2.45, 2.75) is 50.5 Å². The van der Waals surface area contributed by atoms with Crippen LogP contribution >= 0.6 is 0 Å². The van der Waals surface area contributed by atoms with Crippen molar-refractivity contribution in [2.24, 2.45) is 11.8 Å². The molecule has 3 aliphatic rings. The highest BCUT2D eigenvalue weighted by molar-refractivity contribution is 5.83. The summed E-state index contributed by atoms with van der Waals surface area (Å²) in [6.07, 6.45) is 9.03. The highest BCUT2D eigenvalue weighted by Gasteiger charge is 2.53. The summed E-state index contributed by atoms with van der Waals surface area (Å²) in [6, 6.07) is 0. The Morgan fingerprint density at radius 1 is 1.23 bits per heavy atom. The van der Waals surface area contributed by atoms with E-state index >= 15 is 0 Å². The molecule has 0 aromatic rings. The van der Waals surface area contributed by atoms with E-state index in [2.05, 4.69) is 5.32 Å². The lowest BCUT2D eigenvalue weighted by molar-refractivity contribution is -0.124. The highest BCUT2D eigenvalue weighted by Crippen LogP contribution is 2.49. The van der Waals surface area contributed by atoms with Crippen molar-refractivity contribution in [1.29, 1.82) is 0 Å². The summed E-state index contributed by atoms with van der Waals surface area (Å²) in [4.78, 5) is 11.5. The number of hydrogen-bond acceptors (Lipinski definition) is 1. The van der Waals surface area contributed by atoms with Gasteiger partial charge in [-0.15, -0.1) is 0 Å². The first kappa shape index (κ1) is 7.84. The molecule has 1 N–H and O–H groups in total. The fourth-order valence-electron chi connectivity index (χ4n) is 3.71. The molecule has 0 aromatic carbocycles. The van der Waals surface area contributed by atoms with Crippen LogP contribution in [-0.2, 0) is 4.79 Å². The largest absolute Gasteiger partial charge is 0.350 e. The molecule has 2 aliphatic carbocycles. The summed E-state index contributed by atoms with van der Waals surface area (Å²) in [5.74, 6) is 1.53. The average Bonchev–Trinajstić information content (AvgIpc) is 2.77. The smallest absolute Gasteiger partial charge is 0.223 e. The molecule has 2 atom stereocenters. The second kappa shape index (κ2) is 2.49. The fourth-order valence-corrected chi connectivity index (χ4v) is 3.71. The standard InChI is InChI=1S/C11H17NO/c13-10-8-5-6-11(7-8,12-10)9-3-1-2-4-9/h8-9H,1-7H2,(H,12,13). The van der Waals surface area contributed by atoms with Gasteiger partial charge in [-0.2, -0.15) is 0 Å². The van der Waals surface area contributed by atoms with E-state index in [1.54, 1.807) is 0 Å². The third kappa shape index (κ3) is 0.976. The van der Waals surface area contributed by atoms with Crippen molar-refractivity contribution < 1.29 is 4.79 Å². The Hall–Kier alpha value is -0.530. The molecule has 72 valence electrons. The minimum Gasteiger partial charge on any atom is -0.350 e. The number of hydrogen-bond donors (Lipinski definition) is 1. The van der Waals surface area contributed by atoms with E-state index in [-0.39, 0.29) is 5.54 Å². The van der Waals surface area contributed by atoms with Gasteiger partial charge in [-0.25, -0.2) is 0 Å². The predicted molar refractivity (Wildman–Crippen MR) is 50.2 cm³/mol. The van der Waals surface area contributed by atoms with Crippen LogP contribution in [0.3, 0.4) is 0 Å². The molecule has 0 radical (unpaired) electrons. The number of carbonyl (C=O) groups is 1. The molecule has 2 saturated carbocycles. The van der Waals surface area contributed by atoms with Gasteiger partial charge in [-0.3, -0.25) is 4.79 Å². The summed E-state index contributed by atoms with van der Waals surface area (Å²) in [7, 11) is 0. The van der Waals surface area contributed by atoms with Crippen LogP contribution in [0.1, 0.15) is 44.9 Å². The van der Waals surface area contributed by atoms with Gasteiger partial charge in [0.05, 0.1) is 0 Å². The maximum Gasteiger partial charge on any atom is 0.223 e. The minimum absolute atomic E-state index is 0.262. The Bertz CT molecular complexity index is 244. The normalized spacial score (nSPS) is 44.3. The van der Waals surface area contributed by atoms with Crippen LogP contribution in [-0.4, -0.2) is 11.4 Å². The fraction of sp³-hybridized carbons (Fsp3) is 0.909. The molecule has 13 heavy (non-hydrogen) atoms. The monoisotopic (exact) mass is 179 g/mol. The molecule has 2 heteroatoms. The van der Waals surface area contributed by atoms with Crippen molar-refractivity contribution in [1.82, 2.24) is 5.32 Å². The summed E-state index contributed by atoms with van der Waals surface area (Å²) in [5.41, 5.74) is 0.262. The van der Waals surface area contributed by atoms with Gasteiger partial charge >= 0.3 is 0 Å². The SMILES string of the molecule is O=C1NC2(C3CCCC3)CCC1C2. The third-order valence-electron chi connectivity index (χ3n) is 4.43. The van der Waals surface area contributed by atoms with Crippen molar-refractivity contribution >= 4 is 5.91 Å². The predicted octanol–water partition coefficient (Wildman–Crippen LogP) is 1.85. The second-order valence-electron chi connectivity index (χ2n) is 5.07. The van der Waals surface area contributed by atoms with Gasteiger partial charge in [0.25, 0.3) is 0 Å². The number of rotatable bonds is 1. The van der Waals surface area contributed by atoms with Gasteiger partial charge in [0, 0.05) is 11.5 Å². The van der Waals surface area contributed by atoms with Crippen molar-refractivity contribution in [3.8, 4) is 0 Å². The quantitative estimate of drug-likeness (QED) is 0.654. The minimum atomic E-state index is 0.262. The first-order chi connectivity index (χ1) is 6.30. The van der Waals surface area contributed by atoms with Gasteiger partial charge in [0.15, 0.2) is 0 Å². The van der Waals surface area contributed by atoms with Crippen LogP contribution in [0.2, 0.25) is 0 Å². The highest BCUT2D eigenvalue weighted by atomic mass is 16.2. The number of fused-ring (bicyclic) bond motifs is 2. The Morgan fingerprint density at radius 2 is 2.00 bits per heavy atom. The molecule has 2 bridgehead atoms. The van der Waals surface area contributed by atoms with E-state index < -0.39 is 0 Å². The van der Waals surface area contributed by atoms with Crippen molar-refractivity contribution in [3.05, 3.63) is 0 Å². The van der Waals surface area contributed by atoms with Crippen LogP contribution in [0, 0.1) is 11.8 Å². The summed E-state index contributed by atoms with van der Waals surface area (Å²) < 4.78 is 0. The molecule has 0 aromatic heterocycles. The molecule has 3 fully saturated rings. The molecule has 2 nitrogen and oxygen atoms in total. The zero-order valence-corrected chi connectivity index (χ0v) is 8.01. The van der Waals surface area contributed by atoms with E-state index in [0.29, 0.717) is 11.8 Å². The molecule has 1 amide bonds. The van der Waals surface area contributed by atoms with Crippen LogP contribution in [0.5, 0.6) is 0 Å². The average molecular weight is 179 g/mol. The maximum absolute atomic E-state index is 11.5. The van der Waals surface area contributed by atoms with E-state index in [1.807, 2.05) is 0 Å². The molecule has 2 unspecified atom stereocenters. The van der Waals surface area contributed by atoms with Crippen LogP contribution in [0.15, 0.2) is 0 Å². The first-order valence-corrected chi connectivity index (χ1v) is 5.62. The van der Waals surface area contributed by atoms with Gasteiger partial charge in [-0.05, 0) is 38.0 Å². The molecule has 1 aliphatic heterocycles. The zero-order valence-electron chi connectivity index (χ0n) is 8.01. The lowest BCUT2D eigenvalue weighted by atomic mass is 9.82. The summed E-state index contributed by atoms with van der Waals surface area (Å²) in [6.45, 7) is 0. The Balaban J connectivity index is 1.85. The van der Waals surface area contributed by atoms with E-state index in [9.17, 15) is 4.79 Å². The van der Waals surface area contributed by atoms with E-state index in [1.165, 1.54) is 32.1 Å². The summed E-state index contributed by atoms with van der Waals surface area (Å²) in [5, 5.41) is 3.27. The molecule has 1 heterocycles. The Kier molecular flexibility index (Phi) is 1.50. The van der Waals surface area contributed by atoms with Crippen molar-refractivity contribution in [3.63, 3.8) is 0 Å². The summed E-state index contributed by atoms with van der Waals surface area (Å²) >= 11 is 0. The van der Waals surface area contributed by atoms with Gasteiger partial charge in [0.1, 0.15) is 0 Å². The van der Waals surface area contributed by atoms with Gasteiger partial charge in [-0.1, -0.05) is 12.8 Å². The lowest BCUT2D eigenvalue weighted by Gasteiger charge is -2.33. The Labute approximate surface area is 79.1 Å². The molecule has 3 rings (SSSR count). The number of carbonyl (C=O) groups excluding carboxylic acids is 1. The van der Waals surface area contributed by atoms with Crippen LogP contribution in [0.25, 0.3) is 0 Å². The number of nitrogens with one attached hydrogen (secondary N) is 1. The van der Waals surface area contributed by atoms with Gasteiger partial charge < -0.3 is 5.32 Å². The number of piperidine rings is 1. The van der Waals surface area contributed by atoms with Crippen molar-refractivity contribution in [2.75, 3.05) is 0 Å². The van der Waals surface area contributed by atoms with Crippen LogP contribution in [0.4, 0.5) is 0 Å².